The number of phenols is 1. The van der Waals surface area contributed by atoms with Gasteiger partial charge in [0.1, 0.15) is 30.4 Å². The van der Waals surface area contributed by atoms with E-state index in [1.165, 1.54) is 5.56 Å². The van der Waals surface area contributed by atoms with Crippen molar-refractivity contribution in [2.45, 2.75) is 87.0 Å². The summed E-state index contributed by atoms with van der Waals surface area (Å²) in [6, 6.07) is 3.82. The summed E-state index contributed by atoms with van der Waals surface area (Å²) in [7, 11) is 0. The second-order valence-electron chi connectivity index (χ2n) is 11.6. The van der Waals surface area contributed by atoms with Crippen molar-refractivity contribution in [3.63, 3.8) is 0 Å². The van der Waals surface area contributed by atoms with Gasteiger partial charge in [0.05, 0.1) is 24.2 Å². The number of nitrogens with zero attached hydrogens (tertiary/aromatic N) is 2. The Hall–Kier alpha value is -1.42. The number of benzene rings is 1. The number of piperidine rings is 1. The van der Waals surface area contributed by atoms with Crippen LogP contribution in [0.25, 0.3) is 0 Å². The number of aliphatic hydroxyl groups is 1. The first-order valence-corrected chi connectivity index (χ1v) is 12.6. The van der Waals surface area contributed by atoms with Gasteiger partial charge in [-0.25, -0.2) is 4.90 Å². The lowest BCUT2D eigenvalue weighted by molar-refractivity contribution is -0.259. The zero-order valence-electron chi connectivity index (χ0n) is 19.2. The van der Waals surface area contributed by atoms with Crippen LogP contribution >= 0.6 is 0 Å². The molecule has 0 unspecified atom stereocenters. The highest BCUT2D eigenvalue weighted by molar-refractivity contribution is 5.63. The van der Waals surface area contributed by atoms with Crippen LogP contribution in [-0.2, 0) is 26.0 Å². The van der Waals surface area contributed by atoms with E-state index in [1.807, 2.05) is 6.07 Å². The SMILES string of the molecule is CC(C)CN1CC[C@]23c4c5ccc(O)c4O[C@H]2[C@]2(CC[C@@]3(O)[C@H]1C5)O[C@H]1CO[C@H]3CO[C@@H]2N31. The third-order valence-electron chi connectivity index (χ3n) is 9.80. The quantitative estimate of drug-likeness (QED) is 0.690. The topological polar surface area (TPSA) is 83.9 Å². The lowest BCUT2D eigenvalue weighted by Crippen LogP contribution is -2.80. The van der Waals surface area contributed by atoms with Crippen molar-refractivity contribution in [3.05, 3.63) is 23.3 Å². The summed E-state index contributed by atoms with van der Waals surface area (Å²) in [5, 5.41) is 23.5. The number of hydrogen-bond acceptors (Lipinski definition) is 8. The second-order valence-corrected chi connectivity index (χ2v) is 11.6. The lowest BCUT2D eigenvalue weighted by atomic mass is 9.46. The van der Waals surface area contributed by atoms with Gasteiger partial charge in [-0.3, -0.25) is 4.90 Å². The van der Waals surface area contributed by atoms with Gasteiger partial charge < -0.3 is 29.2 Å². The molecule has 5 aliphatic heterocycles. The van der Waals surface area contributed by atoms with E-state index < -0.39 is 22.7 Å². The van der Waals surface area contributed by atoms with Gasteiger partial charge >= 0.3 is 0 Å². The Labute approximate surface area is 193 Å². The van der Waals surface area contributed by atoms with Gasteiger partial charge in [0, 0.05) is 18.2 Å². The molecular formula is C25H32N2O6. The van der Waals surface area contributed by atoms with Gasteiger partial charge in [0.25, 0.3) is 0 Å². The van der Waals surface area contributed by atoms with E-state index in [-0.39, 0.29) is 30.5 Å². The summed E-state index contributed by atoms with van der Waals surface area (Å²) in [5.41, 5.74) is -0.0334. The molecule has 8 atom stereocenters. The molecule has 2 bridgehead atoms. The number of hydrogen-bond donors (Lipinski definition) is 2. The monoisotopic (exact) mass is 456 g/mol. The number of likely N-dealkylation sites (tertiary alicyclic amines) is 1. The molecular weight excluding hydrogens is 424 g/mol. The van der Waals surface area contributed by atoms with Crippen LogP contribution in [0.4, 0.5) is 0 Å². The molecule has 4 saturated heterocycles. The number of aromatic hydroxyl groups is 1. The van der Waals surface area contributed by atoms with Crippen LogP contribution in [0.2, 0.25) is 0 Å². The fourth-order valence-electron chi connectivity index (χ4n) is 8.77. The predicted molar refractivity (Wildman–Crippen MR) is 116 cm³/mol. The van der Waals surface area contributed by atoms with Crippen molar-refractivity contribution < 1.29 is 29.2 Å². The molecule has 2 aliphatic carbocycles. The number of fused-ring (bicyclic) bond motifs is 2. The van der Waals surface area contributed by atoms with Crippen molar-refractivity contribution in [2.24, 2.45) is 5.92 Å². The fourth-order valence-corrected chi connectivity index (χ4v) is 8.77. The lowest BCUT2D eigenvalue weighted by Gasteiger charge is -2.66. The van der Waals surface area contributed by atoms with Crippen LogP contribution in [0, 0.1) is 5.92 Å². The Morgan fingerprint density at radius 1 is 1.12 bits per heavy atom. The largest absolute Gasteiger partial charge is 0.504 e. The Morgan fingerprint density at radius 3 is 2.82 bits per heavy atom. The summed E-state index contributed by atoms with van der Waals surface area (Å²) in [5.74, 6) is 1.23. The molecule has 0 amide bonds. The molecule has 8 heteroatoms. The summed E-state index contributed by atoms with van der Waals surface area (Å²) in [4.78, 5) is 4.73. The van der Waals surface area contributed by atoms with Crippen LogP contribution < -0.4 is 4.74 Å². The predicted octanol–water partition coefficient (Wildman–Crippen LogP) is 1.31. The average Bonchev–Trinajstić information content (AvgIpc) is 3.50. The average molecular weight is 457 g/mol. The molecule has 7 aliphatic rings. The van der Waals surface area contributed by atoms with Crippen molar-refractivity contribution in [1.29, 1.82) is 0 Å². The van der Waals surface area contributed by atoms with Crippen molar-refractivity contribution >= 4 is 0 Å². The first-order chi connectivity index (χ1) is 15.9. The molecule has 5 heterocycles. The van der Waals surface area contributed by atoms with E-state index in [4.69, 9.17) is 18.9 Å². The first kappa shape index (κ1) is 19.8. The molecule has 178 valence electrons. The molecule has 5 fully saturated rings. The number of rotatable bonds is 2. The van der Waals surface area contributed by atoms with E-state index in [1.54, 1.807) is 6.07 Å². The Morgan fingerprint density at radius 2 is 1.97 bits per heavy atom. The molecule has 0 radical (unpaired) electrons. The number of phenolic OH excluding ortho intramolecular Hbond substituents is 1. The number of ether oxygens (including phenoxy) is 4. The maximum absolute atomic E-state index is 12.7. The molecule has 2 N–H and O–H groups in total. The summed E-state index contributed by atoms with van der Waals surface area (Å²) >= 11 is 0. The van der Waals surface area contributed by atoms with Crippen molar-refractivity contribution in [1.82, 2.24) is 9.80 Å². The zero-order chi connectivity index (χ0) is 22.3. The second kappa shape index (κ2) is 6.04. The maximum atomic E-state index is 12.7. The van der Waals surface area contributed by atoms with Gasteiger partial charge in [-0.2, -0.15) is 0 Å². The maximum Gasteiger partial charge on any atom is 0.165 e. The van der Waals surface area contributed by atoms with Gasteiger partial charge in [0.15, 0.2) is 11.5 Å². The Bertz CT molecular complexity index is 1050. The summed E-state index contributed by atoms with van der Waals surface area (Å²) in [6.07, 6.45) is 1.97. The van der Waals surface area contributed by atoms with Crippen LogP contribution in [-0.4, -0.2) is 88.3 Å². The van der Waals surface area contributed by atoms with Gasteiger partial charge in [-0.05, 0) is 49.8 Å². The van der Waals surface area contributed by atoms with Gasteiger partial charge in [-0.15, -0.1) is 0 Å². The fraction of sp³-hybridized carbons (Fsp3) is 0.760. The van der Waals surface area contributed by atoms with E-state index in [0.717, 1.165) is 31.5 Å². The minimum absolute atomic E-state index is 0.0295. The molecule has 1 saturated carbocycles. The van der Waals surface area contributed by atoms with Crippen LogP contribution in [0.1, 0.15) is 44.2 Å². The van der Waals surface area contributed by atoms with Crippen LogP contribution in [0.15, 0.2) is 12.1 Å². The van der Waals surface area contributed by atoms with Gasteiger partial charge in [0.2, 0.25) is 0 Å². The molecule has 0 aromatic heterocycles. The normalized spacial score (nSPS) is 49.0. The highest BCUT2D eigenvalue weighted by Gasteiger charge is 2.80. The molecule has 1 aromatic carbocycles. The Kier molecular flexibility index (Phi) is 3.63. The summed E-state index contributed by atoms with van der Waals surface area (Å²) < 4.78 is 25.7. The minimum atomic E-state index is -0.938. The van der Waals surface area contributed by atoms with E-state index in [9.17, 15) is 10.2 Å². The first-order valence-electron chi connectivity index (χ1n) is 12.6. The van der Waals surface area contributed by atoms with Crippen LogP contribution in [0.3, 0.4) is 0 Å². The third kappa shape index (κ3) is 2.04. The standard InChI is InChI=1S/C25H32N2O6/c1-13(2)10-26-8-7-23-19-14-3-4-15(28)20(19)32-21(23)24(5-6-25(23,29)16(26)9-14)22-27-17(11-31-22)30-12-18(27)33-24/h3-4,13,16-18,21-22,28-29H,5-12H2,1-2H3/t16-,17+,18+,21-,22+,23+,24+,25-/m1/s1. The molecule has 8 rings (SSSR count). The van der Waals surface area contributed by atoms with E-state index >= 15 is 0 Å². The third-order valence-corrected chi connectivity index (χ3v) is 9.80. The highest BCUT2D eigenvalue weighted by Crippen LogP contribution is 2.69. The molecule has 8 nitrogen and oxygen atoms in total. The van der Waals surface area contributed by atoms with Gasteiger partial charge in [-0.1, -0.05) is 19.9 Å². The summed E-state index contributed by atoms with van der Waals surface area (Å²) in [6.45, 7) is 7.43. The molecule has 1 aromatic rings. The van der Waals surface area contributed by atoms with Crippen molar-refractivity contribution in [3.8, 4) is 11.5 Å². The molecule has 2 spiro atoms. The molecule has 33 heavy (non-hydrogen) atoms. The van der Waals surface area contributed by atoms with E-state index in [0.29, 0.717) is 37.7 Å². The van der Waals surface area contributed by atoms with Crippen molar-refractivity contribution in [2.75, 3.05) is 26.3 Å². The minimum Gasteiger partial charge on any atom is -0.504 e. The highest BCUT2D eigenvalue weighted by atomic mass is 16.7. The van der Waals surface area contributed by atoms with E-state index in [2.05, 4.69) is 23.6 Å². The Balaban J connectivity index is 1.33. The smallest absolute Gasteiger partial charge is 0.165 e. The van der Waals surface area contributed by atoms with Crippen LogP contribution in [0.5, 0.6) is 11.5 Å². The zero-order valence-corrected chi connectivity index (χ0v) is 19.2.